The molecule has 0 aliphatic heterocycles. The first-order valence-electron chi connectivity index (χ1n) is 5.67. The van der Waals surface area contributed by atoms with Gasteiger partial charge in [0.1, 0.15) is 5.76 Å². The van der Waals surface area contributed by atoms with Gasteiger partial charge in [-0.05, 0) is 37.3 Å². The molecule has 0 saturated carbocycles. The molecule has 2 N–H and O–H groups in total. The highest BCUT2D eigenvalue weighted by atomic mass is 16.4. The van der Waals surface area contributed by atoms with E-state index in [1.807, 2.05) is 6.07 Å². The van der Waals surface area contributed by atoms with Gasteiger partial charge in [0, 0.05) is 17.8 Å². The summed E-state index contributed by atoms with van der Waals surface area (Å²) in [5, 5.41) is 20.7. The topological polar surface area (TPSA) is 86.3 Å². The molecule has 1 heterocycles. The van der Waals surface area contributed by atoms with Crippen LogP contribution in [0.2, 0.25) is 0 Å². The number of carboxylic acids is 1. The van der Waals surface area contributed by atoms with Crippen molar-refractivity contribution in [2.24, 2.45) is 0 Å². The maximum Gasteiger partial charge on any atom is 0.371 e. The zero-order valence-electron chi connectivity index (χ0n) is 10.3. The molecule has 19 heavy (non-hydrogen) atoms. The van der Waals surface area contributed by atoms with Crippen molar-refractivity contribution in [3.63, 3.8) is 0 Å². The van der Waals surface area contributed by atoms with Gasteiger partial charge in [0.15, 0.2) is 0 Å². The Bertz CT molecular complexity index is 636. The Morgan fingerprint density at radius 3 is 2.63 bits per heavy atom. The van der Waals surface area contributed by atoms with Crippen molar-refractivity contribution in [3.05, 3.63) is 53.0 Å². The number of benzene rings is 1. The van der Waals surface area contributed by atoms with E-state index in [2.05, 4.69) is 5.32 Å². The first kappa shape index (κ1) is 12.7. The lowest BCUT2D eigenvalue weighted by Crippen LogP contribution is -1.99. The second-order valence-electron chi connectivity index (χ2n) is 4.04. The number of anilines is 1. The summed E-state index contributed by atoms with van der Waals surface area (Å²) in [6, 6.07) is 10.6. The number of aryl methyl sites for hydroxylation is 1. The van der Waals surface area contributed by atoms with Crippen LogP contribution in [0.3, 0.4) is 0 Å². The number of aromatic carboxylic acids is 1. The quantitative estimate of drug-likeness (QED) is 0.878. The third-order valence-corrected chi connectivity index (χ3v) is 2.73. The molecular formula is C14H12N2O3. The van der Waals surface area contributed by atoms with E-state index in [-0.39, 0.29) is 5.76 Å². The van der Waals surface area contributed by atoms with Crippen molar-refractivity contribution < 1.29 is 14.3 Å². The molecule has 0 aliphatic rings. The van der Waals surface area contributed by atoms with Gasteiger partial charge >= 0.3 is 5.97 Å². The van der Waals surface area contributed by atoms with Crippen LogP contribution in [0.5, 0.6) is 0 Å². The van der Waals surface area contributed by atoms with E-state index in [9.17, 15) is 4.79 Å². The van der Waals surface area contributed by atoms with Crippen LogP contribution in [0.4, 0.5) is 5.69 Å². The summed E-state index contributed by atoms with van der Waals surface area (Å²) < 4.78 is 5.12. The molecule has 1 aromatic carbocycles. The highest BCUT2D eigenvalue weighted by Crippen LogP contribution is 2.17. The molecule has 0 unspecified atom stereocenters. The van der Waals surface area contributed by atoms with Gasteiger partial charge in [0.25, 0.3) is 0 Å². The van der Waals surface area contributed by atoms with E-state index in [0.29, 0.717) is 17.9 Å². The van der Waals surface area contributed by atoms with Crippen molar-refractivity contribution in [2.45, 2.75) is 13.5 Å². The molecule has 1 aromatic heterocycles. The van der Waals surface area contributed by atoms with Crippen LogP contribution >= 0.6 is 0 Å². The van der Waals surface area contributed by atoms with Crippen LogP contribution in [0.1, 0.15) is 27.4 Å². The number of furan rings is 1. The molecule has 5 nitrogen and oxygen atoms in total. The molecule has 0 saturated heterocycles. The summed E-state index contributed by atoms with van der Waals surface area (Å²) in [6.07, 6.45) is 0. The molecule has 0 fully saturated rings. The van der Waals surface area contributed by atoms with Crippen LogP contribution in [0.25, 0.3) is 0 Å². The molecule has 5 heteroatoms. The van der Waals surface area contributed by atoms with Crippen molar-refractivity contribution in [3.8, 4) is 6.07 Å². The van der Waals surface area contributed by atoms with Crippen LogP contribution in [-0.2, 0) is 6.54 Å². The lowest BCUT2D eigenvalue weighted by Gasteiger charge is -2.05. The van der Waals surface area contributed by atoms with Gasteiger partial charge in [-0.25, -0.2) is 4.79 Å². The minimum Gasteiger partial charge on any atom is -0.475 e. The SMILES string of the molecule is Cc1oc(C(=O)O)cc1CNc1ccc(C#N)cc1. The summed E-state index contributed by atoms with van der Waals surface area (Å²) >= 11 is 0. The number of nitrogens with one attached hydrogen (secondary N) is 1. The number of hydrogen-bond donors (Lipinski definition) is 2. The van der Waals surface area contributed by atoms with Gasteiger partial charge in [0.2, 0.25) is 5.76 Å². The maximum absolute atomic E-state index is 10.8. The van der Waals surface area contributed by atoms with Crippen molar-refractivity contribution in [2.75, 3.05) is 5.32 Å². The summed E-state index contributed by atoms with van der Waals surface area (Å²) in [5.41, 5.74) is 2.25. The van der Waals surface area contributed by atoms with Gasteiger partial charge in [-0.1, -0.05) is 0 Å². The van der Waals surface area contributed by atoms with E-state index in [1.165, 1.54) is 6.07 Å². The average Bonchev–Trinajstić information content (AvgIpc) is 2.79. The second kappa shape index (κ2) is 5.27. The largest absolute Gasteiger partial charge is 0.475 e. The average molecular weight is 256 g/mol. The van der Waals surface area contributed by atoms with Crippen molar-refractivity contribution >= 4 is 11.7 Å². The standard InChI is InChI=1S/C14H12N2O3/c1-9-11(6-13(19-9)14(17)18)8-16-12-4-2-10(7-15)3-5-12/h2-6,16H,8H2,1H3,(H,17,18). The van der Waals surface area contributed by atoms with E-state index in [1.54, 1.807) is 31.2 Å². The molecular weight excluding hydrogens is 244 g/mol. The number of carboxylic acid groups (broad SMARTS) is 1. The van der Waals surface area contributed by atoms with Crippen molar-refractivity contribution in [1.29, 1.82) is 5.26 Å². The summed E-state index contributed by atoms with van der Waals surface area (Å²) in [4.78, 5) is 10.8. The Balaban J connectivity index is 2.05. The summed E-state index contributed by atoms with van der Waals surface area (Å²) in [6.45, 7) is 2.19. The van der Waals surface area contributed by atoms with Crippen molar-refractivity contribution in [1.82, 2.24) is 0 Å². The molecule has 0 radical (unpaired) electrons. The highest BCUT2D eigenvalue weighted by Gasteiger charge is 2.12. The number of rotatable bonds is 4. The predicted molar refractivity (Wildman–Crippen MR) is 68.9 cm³/mol. The smallest absolute Gasteiger partial charge is 0.371 e. The molecule has 0 amide bonds. The highest BCUT2D eigenvalue weighted by molar-refractivity contribution is 5.84. The summed E-state index contributed by atoms with van der Waals surface area (Å²) in [7, 11) is 0. The lowest BCUT2D eigenvalue weighted by molar-refractivity contribution is 0.0661. The fourth-order valence-corrected chi connectivity index (χ4v) is 1.66. The molecule has 0 spiro atoms. The normalized spacial score (nSPS) is 9.89. The van der Waals surface area contributed by atoms with Gasteiger partial charge in [-0.3, -0.25) is 0 Å². The third kappa shape index (κ3) is 2.93. The van der Waals surface area contributed by atoms with E-state index < -0.39 is 5.97 Å². The molecule has 0 aliphatic carbocycles. The number of nitriles is 1. The maximum atomic E-state index is 10.8. The van der Waals surface area contributed by atoms with E-state index >= 15 is 0 Å². The third-order valence-electron chi connectivity index (χ3n) is 2.73. The molecule has 0 bridgehead atoms. The molecule has 96 valence electrons. The fourth-order valence-electron chi connectivity index (χ4n) is 1.66. The van der Waals surface area contributed by atoms with Crippen LogP contribution in [0, 0.1) is 18.3 Å². The zero-order chi connectivity index (χ0) is 13.8. The van der Waals surface area contributed by atoms with Gasteiger partial charge in [0.05, 0.1) is 11.6 Å². The number of hydrogen-bond acceptors (Lipinski definition) is 4. The van der Waals surface area contributed by atoms with E-state index in [4.69, 9.17) is 14.8 Å². The molecule has 2 aromatic rings. The minimum atomic E-state index is -1.08. The Morgan fingerprint density at radius 1 is 1.42 bits per heavy atom. The first-order chi connectivity index (χ1) is 9.10. The lowest BCUT2D eigenvalue weighted by atomic mass is 10.2. The van der Waals surface area contributed by atoms with E-state index in [0.717, 1.165) is 11.3 Å². The van der Waals surface area contributed by atoms with Gasteiger partial charge in [-0.2, -0.15) is 5.26 Å². The summed E-state index contributed by atoms with van der Waals surface area (Å²) in [5.74, 6) is -0.555. The number of nitrogens with zero attached hydrogens (tertiary/aromatic N) is 1. The van der Waals surface area contributed by atoms with Gasteiger partial charge < -0.3 is 14.8 Å². The Kier molecular flexibility index (Phi) is 3.53. The van der Waals surface area contributed by atoms with Crippen LogP contribution in [0.15, 0.2) is 34.7 Å². The fraction of sp³-hybridized carbons (Fsp3) is 0.143. The molecule has 2 rings (SSSR count). The molecule has 0 atom stereocenters. The Hall–Kier alpha value is -2.74. The Labute approximate surface area is 110 Å². The zero-order valence-corrected chi connectivity index (χ0v) is 10.3. The van der Waals surface area contributed by atoms with Crippen LogP contribution in [-0.4, -0.2) is 11.1 Å². The monoisotopic (exact) mass is 256 g/mol. The van der Waals surface area contributed by atoms with Crippen LogP contribution < -0.4 is 5.32 Å². The van der Waals surface area contributed by atoms with Gasteiger partial charge in [-0.15, -0.1) is 0 Å². The predicted octanol–water partition coefficient (Wildman–Crippen LogP) is 2.77. The Morgan fingerprint density at radius 2 is 2.11 bits per heavy atom. The minimum absolute atomic E-state index is 0.0610. The number of carbonyl (C=O) groups is 1. The second-order valence-corrected chi connectivity index (χ2v) is 4.04. The first-order valence-corrected chi connectivity index (χ1v) is 5.67.